The Morgan fingerprint density at radius 3 is 2.26 bits per heavy atom. The third-order valence-corrected chi connectivity index (χ3v) is 20.4. The molecular formula is C51H75N3O7. The van der Waals surface area contributed by atoms with E-state index < -0.39 is 34.4 Å². The number of esters is 1. The summed E-state index contributed by atoms with van der Waals surface area (Å²) in [6, 6.07) is 5.41. The van der Waals surface area contributed by atoms with Gasteiger partial charge in [-0.25, -0.2) is 4.98 Å². The molecule has 6 saturated carbocycles. The lowest BCUT2D eigenvalue weighted by Crippen LogP contribution is -2.65. The Bertz CT molecular complexity index is 2060. The van der Waals surface area contributed by atoms with E-state index in [1.54, 1.807) is 6.07 Å². The highest BCUT2D eigenvalue weighted by Gasteiger charge is 2.86. The van der Waals surface area contributed by atoms with Crippen LogP contribution in [-0.2, 0) is 19.1 Å². The number of fused-ring (bicyclic) bond motifs is 6. The van der Waals surface area contributed by atoms with Crippen molar-refractivity contribution in [1.29, 1.82) is 0 Å². The number of carboxylic acids is 1. The molecule has 8 rings (SSSR count). The predicted octanol–water partition coefficient (Wildman–Crippen LogP) is 8.49. The summed E-state index contributed by atoms with van der Waals surface area (Å²) in [5, 5.41) is 28.7. The number of ketones is 1. The molecule has 1 heterocycles. The molecule has 0 saturated heterocycles. The number of amides is 1. The molecule has 10 heteroatoms. The number of nitrogens with one attached hydrogen (secondary N) is 2. The quantitative estimate of drug-likeness (QED) is 0.161. The van der Waals surface area contributed by atoms with Crippen LogP contribution in [0.5, 0.6) is 0 Å². The molecule has 61 heavy (non-hydrogen) atoms. The van der Waals surface area contributed by atoms with E-state index in [-0.39, 0.29) is 68.6 Å². The largest absolute Gasteiger partial charge is 0.481 e. The number of rotatable bonds is 11. The first-order valence-corrected chi connectivity index (χ1v) is 23.6. The number of nitrogens with zero attached hydrogens (tertiary/aromatic N) is 1. The number of carbonyl (C=O) groups excluding carboxylic acids is 3. The Hall–Kier alpha value is -3.11. The maximum Gasteiger partial charge on any atom is 0.309 e. The van der Waals surface area contributed by atoms with Crippen molar-refractivity contribution >= 4 is 23.6 Å². The number of carboxylic acid groups (broad SMARTS) is 1. The molecule has 1 amide bonds. The van der Waals surface area contributed by atoms with Crippen LogP contribution >= 0.6 is 0 Å². The second-order valence-electron chi connectivity index (χ2n) is 23.8. The number of allylic oxidation sites excluding steroid dienone is 1. The first kappa shape index (κ1) is 44.5. The van der Waals surface area contributed by atoms with Gasteiger partial charge in [0.15, 0.2) is 5.78 Å². The SMILES string of the molecule is Cc1cccc(C(=O)NC(C)(C)CNC[C@H](O)[C@@]23CC[C@]4(C)[C@H](CC[C@H]5C4(C)CC[C@@]46C(C)[C@]4(C)[C@@H](OC(=O)[C@H]4C[C@@H](C(=O)O)C4(C)C)CC[C@]56C)C2=C(C(C)C)C(=O)C3)n1. The summed E-state index contributed by atoms with van der Waals surface area (Å²) in [4.78, 5) is 57.4. The topological polar surface area (TPSA) is 155 Å². The van der Waals surface area contributed by atoms with E-state index in [2.05, 4.69) is 64.1 Å². The average molecular weight is 842 g/mol. The van der Waals surface area contributed by atoms with Crippen molar-refractivity contribution in [2.45, 2.75) is 165 Å². The molecule has 2 unspecified atom stereocenters. The first-order chi connectivity index (χ1) is 28.3. The minimum absolute atomic E-state index is 0.0227. The summed E-state index contributed by atoms with van der Waals surface area (Å²) in [6.07, 6.45) is 7.60. The van der Waals surface area contributed by atoms with E-state index in [0.717, 1.165) is 62.6 Å². The van der Waals surface area contributed by atoms with Crippen molar-refractivity contribution < 1.29 is 34.1 Å². The van der Waals surface area contributed by atoms with Crippen molar-refractivity contribution in [2.24, 2.45) is 73.4 Å². The number of aryl methyl sites for hydroxylation is 1. The van der Waals surface area contributed by atoms with Crippen molar-refractivity contribution in [3.05, 3.63) is 40.7 Å². The van der Waals surface area contributed by atoms with Gasteiger partial charge in [0, 0.05) is 41.6 Å². The summed E-state index contributed by atoms with van der Waals surface area (Å²) in [7, 11) is 0. The Balaban J connectivity index is 1.01. The van der Waals surface area contributed by atoms with Crippen LogP contribution in [0, 0.1) is 80.3 Å². The van der Waals surface area contributed by atoms with Gasteiger partial charge < -0.3 is 25.6 Å². The number of pyridine rings is 1. The van der Waals surface area contributed by atoms with Crippen LogP contribution in [0.4, 0.5) is 0 Å². The maximum atomic E-state index is 14.3. The van der Waals surface area contributed by atoms with Gasteiger partial charge in [0.1, 0.15) is 11.8 Å². The minimum Gasteiger partial charge on any atom is -0.481 e. The molecule has 7 aliphatic rings. The number of hydrogen-bond donors (Lipinski definition) is 4. The van der Waals surface area contributed by atoms with Crippen molar-refractivity contribution in [2.75, 3.05) is 13.1 Å². The summed E-state index contributed by atoms with van der Waals surface area (Å²) in [5.41, 5.74) is 1.51. The number of aliphatic hydroxyl groups excluding tert-OH is 1. The van der Waals surface area contributed by atoms with Gasteiger partial charge in [0.25, 0.3) is 5.91 Å². The van der Waals surface area contributed by atoms with E-state index in [9.17, 15) is 29.4 Å². The van der Waals surface area contributed by atoms with E-state index in [1.165, 1.54) is 5.57 Å². The lowest BCUT2D eigenvalue weighted by atomic mass is 9.33. The Labute approximate surface area is 364 Å². The monoisotopic (exact) mass is 842 g/mol. The van der Waals surface area contributed by atoms with Crippen LogP contribution in [0.25, 0.3) is 0 Å². The van der Waals surface area contributed by atoms with Crippen LogP contribution in [0.1, 0.15) is 157 Å². The predicted molar refractivity (Wildman–Crippen MR) is 234 cm³/mol. The number of aromatic nitrogens is 1. The molecule has 1 aromatic heterocycles. The molecule has 0 bridgehead atoms. The highest BCUT2D eigenvalue weighted by atomic mass is 16.5. The summed E-state index contributed by atoms with van der Waals surface area (Å²) >= 11 is 0. The smallest absolute Gasteiger partial charge is 0.309 e. The van der Waals surface area contributed by atoms with Crippen LogP contribution in [0.15, 0.2) is 29.3 Å². The van der Waals surface area contributed by atoms with E-state index in [0.29, 0.717) is 43.5 Å². The van der Waals surface area contributed by atoms with E-state index >= 15 is 0 Å². The molecule has 336 valence electrons. The zero-order valence-corrected chi connectivity index (χ0v) is 39.2. The third-order valence-electron chi connectivity index (χ3n) is 20.4. The van der Waals surface area contributed by atoms with Gasteiger partial charge in [-0.15, -0.1) is 0 Å². The molecule has 4 N–H and O–H groups in total. The standard InChI is InChI=1S/C51H75N3O7/c1-28(2)39-35(55)25-50(37(56)26-52-27-44(5,6)54-41(57)34-15-13-14-29(3)53-34)22-20-46(9)31(40(39)50)16-17-36-47(46,10)21-23-51-30(4)49(51,12)38(18-19-48(36,51)11)61-43(60)33-24-32(42(58)59)45(33,7)8/h13-15,28,30-33,36-38,52,56H,16-27H2,1-12H3,(H,54,57)(H,58,59)/t30?,31-,32+,33-,36+,37+,38+,46-,47?,48-,49-,50+,51+/m1/s1. The highest BCUT2D eigenvalue weighted by Crippen LogP contribution is 2.90. The number of carbonyl (C=O) groups is 4. The van der Waals surface area contributed by atoms with Gasteiger partial charge in [0.2, 0.25) is 0 Å². The molecular weight excluding hydrogens is 767 g/mol. The lowest BCUT2D eigenvalue weighted by molar-refractivity contribution is -0.223. The third kappa shape index (κ3) is 5.94. The fourth-order valence-electron chi connectivity index (χ4n) is 16.7. The van der Waals surface area contributed by atoms with Crippen LogP contribution < -0.4 is 10.6 Å². The van der Waals surface area contributed by atoms with Gasteiger partial charge in [-0.2, -0.15) is 0 Å². The van der Waals surface area contributed by atoms with Crippen LogP contribution in [0.3, 0.4) is 0 Å². The molecule has 13 atom stereocenters. The van der Waals surface area contributed by atoms with E-state index in [4.69, 9.17) is 4.74 Å². The number of aliphatic carboxylic acids is 1. The molecule has 0 aromatic carbocycles. The summed E-state index contributed by atoms with van der Waals surface area (Å²) in [6.45, 7) is 27.2. The van der Waals surface area contributed by atoms with Crippen molar-refractivity contribution in [3.8, 4) is 0 Å². The van der Waals surface area contributed by atoms with Gasteiger partial charge >= 0.3 is 11.9 Å². The zero-order valence-electron chi connectivity index (χ0n) is 39.2. The van der Waals surface area contributed by atoms with Crippen molar-refractivity contribution in [1.82, 2.24) is 15.6 Å². The second-order valence-corrected chi connectivity index (χ2v) is 23.8. The highest BCUT2D eigenvalue weighted by molar-refractivity contribution is 6.01. The maximum absolute atomic E-state index is 14.3. The van der Waals surface area contributed by atoms with Crippen LogP contribution in [-0.4, -0.2) is 69.7 Å². The van der Waals surface area contributed by atoms with Gasteiger partial charge in [-0.05, 0) is 147 Å². The number of ether oxygens (including phenoxy) is 1. The number of aliphatic hydroxyl groups is 1. The molecule has 0 radical (unpaired) electrons. The average Bonchev–Trinajstić information content (AvgIpc) is 3.49. The normalized spacial score (nSPS) is 42.6. The molecule has 6 fully saturated rings. The molecule has 1 aromatic rings. The molecule has 0 aliphatic heterocycles. The second kappa shape index (κ2) is 14.2. The Kier molecular flexibility index (Phi) is 10.4. The fourth-order valence-corrected chi connectivity index (χ4v) is 16.7. The number of hydrogen-bond acceptors (Lipinski definition) is 8. The van der Waals surface area contributed by atoms with Gasteiger partial charge in [0.05, 0.1) is 17.9 Å². The van der Waals surface area contributed by atoms with E-state index in [1.807, 2.05) is 46.8 Å². The minimum atomic E-state index is -0.832. The zero-order chi connectivity index (χ0) is 44.7. The molecule has 1 spiro atoms. The Morgan fingerprint density at radius 2 is 1.62 bits per heavy atom. The Morgan fingerprint density at radius 1 is 0.934 bits per heavy atom. The first-order valence-electron chi connectivity index (χ1n) is 23.6. The summed E-state index contributed by atoms with van der Waals surface area (Å²) in [5.74, 6) is -0.824. The molecule has 7 aliphatic carbocycles. The lowest BCUT2D eigenvalue weighted by Gasteiger charge is -2.71. The van der Waals surface area contributed by atoms with Gasteiger partial charge in [-0.3, -0.25) is 19.2 Å². The van der Waals surface area contributed by atoms with Crippen LogP contribution in [0.2, 0.25) is 0 Å². The van der Waals surface area contributed by atoms with Crippen molar-refractivity contribution in [3.63, 3.8) is 0 Å². The fraction of sp³-hybridized carbons (Fsp3) is 0.784. The number of Topliss-reactive ketones (excluding diaryl/α,β-unsaturated/α-hetero) is 1. The summed E-state index contributed by atoms with van der Waals surface area (Å²) < 4.78 is 6.53. The molecule has 10 nitrogen and oxygen atoms in total. The van der Waals surface area contributed by atoms with Gasteiger partial charge in [-0.1, -0.05) is 74.0 Å².